The second kappa shape index (κ2) is 7.69. The Morgan fingerprint density at radius 1 is 1.33 bits per heavy atom. The highest BCUT2D eigenvalue weighted by Gasteiger charge is 2.31. The van der Waals surface area contributed by atoms with E-state index in [0.717, 1.165) is 11.3 Å². The molecule has 1 aliphatic rings. The zero-order valence-electron chi connectivity index (χ0n) is 15.4. The summed E-state index contributed by atoms with van der Waals surface area (Å²) in [5, 5.41) is 6.73. The maximum Gasteiger partial charge on any atom is 0.269 e. The Balaban J connectivity index is 1.70. The van der Waals surface area contributed by atoms with Crippen molar-refractivity contribution >= 4 is 15.9 Å². The number of nitrogens with two attached hydrogens (primary N) is 1. The van der Waals surface area contributed by atoms with Crippen LogP contribution < -0.4 is 10.5 Å². The zero-order valence-corrected chi connectivity index (χ0v) is 16.3. The number of nitrogens with zero attached hydrogens (tertiary/aromatic N) is 2. The van der Waals surface area contributed by atoms with Crippen LogP contribution in [0.3, 0.4) is 0 Å². The van der Waals surface area contributed by atoms with Crippen LogP contribution in [0.1, 0.15) is 47.4 Å². The molecule has 1 aromatic heterocycles. The standard InChI is InChI=1S/C18H24N4O4S/c1-3-26-17-5-4-14(10-12(17)2)27(24,25)22-8-6-13(7-9-22)15-11-16(18(19)23)21-20-15/h4-5,10-11,13H,3,6-9H2,1-2H3,(H2,19,23)(H,20,21). The molecule has 0 unspecified atom stereocenters. The number of carbonyl (C=O) groups excluding carboxylic acids is 1. The summed E-state index contributed by atoms with van der Waals surface area (Å²) >= 11 is 0. The van der Waals surface area contributed by atoms with E-state index in [2.05, 4.69) is 10.2 Å². The van der Waals surface area contributed by atoms with Crippen molar-refractivity contribution in [3.05, 3.63) is 41.2 Å². The number of amides is 1. The van der Waals surface area contributed by atoms with Gasteiger partial charge >= 0.3 is 0 Å². The molecule has 0 aliphatic carbocycles. The number of H-pyrrole nitrogens is 1. The molecule has 3 rings (SSSR count). The molecular weight excluding hydrogens is 368 g/mol. The van der Waals surface area contributed by atoms with Gasteiger partial charge in [0.05, 0.1) is 11.5 Å². The molecule has 146 valence electrons. The quantitative estimate of drug-likeness (QED) is 0.777. The van der Waals surface area contributed by atoms with Gasteiger partial charge in [-0.15, -0.1) is 0 Å². The molecule has 1 aromatic carbocycles. The average molecular weight is 392 g/mol. The van der Waals surface area contributed by atoms with E-state index in [9.17, 15) is 13.2 Å². The van der Waals surface area contributed by atoms with Crippen molar-refractivity contribution in [2.24, 2.45) is 5.73 Å². The van der Waals surface area contributed by atoms with E-state index in [4.69, 9.17) is 10.5 Å². The number of ether oxygens (including phenoxy) is 1. The Morgan fingerprint density at radius 2 is 2.04 bits per heavy atom. The van der Waals surface area contributed by atoms with Crippen molar-refractivity contribution in [2.45, 2.75) is 37.5 Å². The number of hydrogen-bond acceptors (Lipinski definition) is 5. The van der Waals surface area contributed by atoms with Gasteiger partial charge in [0.15, 0.2) is 0 Å². The van der Waals surface area contributed by atoms with Gasteiger partial charge in [-0.1, -0.05) is 0 Å². The van der Waals surface area contributed by atoms with E-state index >= 15 is 0 Å². The lowest BCUT2D eigenvalue weighted by atomic mass is 9.94. The van der Waals surface area contributed by atoms with Gasteiger partial charge in [-0.25, -0.2) is 8.42 Å². The summed E-state index contributed by atoms with van der Waals surface area (Å²) in [5.74, 6) is 0.238. The fourth-order valence-electron chi connectivity index (χ4n) is 3.33. The highest BCUT2D eigenvalue weighted by Crippen LogP contribution is 2.31. The van der Waals surface area contributed by atoms with Crippen molar-refractivity contribution in [2.75, 3.05) is 19.7 Å². The maximum absolute atomic E-state index is 12.9. The Morgan fingerprint density at radius 3 is 2.59 bits per heavy atom. The van der Waals surface area contributed by atoms with E-state index in [1.54, 1.807) is 24.3 Å². The van der Waals surface area contributed by atoms with E-state index in [0.29, 0.717) is 38.3 Å². The van der Waals surface area contributed by atoms with E-state index in [1.807, 2.05) is 13.8 Å². The molecule has 0 atom stereocenters. The molecule has 0 spiro atoms. The van der Waals surface area contributed by atoms with Crippen LogP contribution in [0.4, 0.5) is 0 Å². The van der Waals surface area contributed by atoms with Crippen LogP contribution >= 0.6 is 0 Å². The number of aromatic nitrogens is 2. The third kappa shape index (κ3) is 3.98. The van der Waals surface area contributed by atoms with Crippen molar-refractivity contribution in [3.63, 3.8) is 0 Å². The SMILES string of the molecule is CCOc1ccc(S(=O)(=O)N2CCC(c3cc(C(N)=O)n[nH]3)CC2)cc1C. The monoisotopic (exact) mass is 392 g/mol. The van der Waals surface area contributed by atoms with Gasteiger partial charge in [-0.3, -0.25) is 9.89 Å². The van der Waals surface area contributed by atoms with Gasteiger partial charge in [-0.2, -0.15) is 9.40 Å². The molecular formula is C18H24N4O4S. The van der Waals surface area contributed by atoms with Gasteiger partial charge in [0.2, 0.25) is 10.0 Å². The van der Waals surface area contributed by atoms with Gasteiger partial charge in [0.25, 0.3) is 5.91 Å². The Bertz CT molecular complexity index is 931. The third-order valence-electron chi connectivity index (χ3n) is 4.83. The fourth-order valence-corrected chi connectivity index (χ4v) is 4.88. The summed E-state index contributed by atoms with van der Waals surface area (Å²) in [5.41, 5.74) is 7.04. The zero-order chi connectivity index (χ0) is 19.6. The van der Waals surface area contributed by atoms with Crippen LogP contribution in [0.2, 0.25) is 0 Å². The molecule has 27 heavy (non-hydrogen) atoms. The number of nitrogens with one attached hydrogen (secondary N) is 1. The first-order chi connectivity index (χ1) is 12.8. The van der Waals surface area contributed by atoms with Crippen LogP contribution in [-0.4, -0.2) is 48.5 Å². The fraction of sp³-hybridized carbons (Fsp3) is 0.444. The summed E-state index contributed by atoms with van der Waals surface area (Å²) in [6, 6.07) is 6.59. The summed E-state index contributed by atoms with van der Waals surface area (Å²) in [6.45, 7) is 5.07. The first-order valence-electron chi connectivity index (χ1n) is 8.91. The summed E-state index contributed by atoms with van der Waals surface area (Å²) in [4.78, 5) is 11.5. The number of aryl methyl sites for hydroxylation is 1. The van der Waals surface area contributed by atoms with Crippen LogP contribution in [-0.2, 0) is 10.0 Å². The molecule has 2 aromatic rings. The van der Waals surface area contributed by atoms with E-state index in [-0.39, 0.29) is 16.5 Å². The first kappa shape index (κ1) is 19.4. The highest BCUT2D eigenvalue weighted by atomic mass is 32.2. The Kier molecular flexibility index (Phi) is 5.52. The molecule has 1 aliphatic heterocycles. The minimum Gasteiger partial charge on any atom is -0.494 e. The van der Waals surface area contributed by atoms with Crippen LogP contribution in [0.5, 0.6) is 5.75 Å². The number of rotatable bonds is 6. The van der Waals surface area contributed by atoms with Crippen molar-refractivity contribution in [1.82, 2.24) is 14.5 Å². The van der Waals surface area contributed by atoms with Crippen LogP contribution in [0, 0.1) is 6.92 Å². The molecule has 0 radical (unpaired) electrons. The lowest BCUT2D eigenvalue weighted by Crippen LogP contribution is -2.38. The van der Waals surface area contributed by atoms with Gasteiger partial charge < -0.3 is 10.5 Å². The van der Waals surface area contributed by atoms with Crippen LogP contribution in [0.15, 0.2) is 29.2 Å². The van der Waals surface area contributed by atoms with Gasteiger partial charge in [0, 0.05) is 24.7 Å². The number of aromatic amines is 1. The van der Waals surface area contributed by atoms with Crippen molar-refractivity contribution < 1.29 is 17.9 Å². The summed E-state index contributed by atoms with van der Waals surface area (Å²) < 4.78 is 32.9. The maximum atomic E-state index is 12.9. The number of sulfonamides is 1. The van der Waals surface area contributed by atoms with E-state index in [1.165, 1.54) is 4.31 Å². The second-order valence-corrected chi connectivity index (χ2v) is 8.55. The molecule has 9 heteroatoms. The molecule has 0 bridgehead atoms. The number of carbonyl (C=O) groups is 1. The van der Waals surface area contributed by atoms with Crippen molar-refractivity contribution in [1.29, 1.82) is 0 Å². The molecule has 8 nitrogen and oxygen atoms in total. The van der Waals surface area contributed by atoms with E-state index < -0.39 is 15.9 Å². The molecule has 1 fully saturated rings. The molecule has 3 N–H and O–H groups in total. The summed E-state index contributed by atoms with van der Waals surface area (Å²) in [7, 11) is -3.55. The van der Waals surface area contributed by atoms with Crippen molar-refractivity contribution in [3.8, 4) is 5.75 Å². The normalized spacial score (nSPS) is 16.4. The average Bonchev–Trinajstić information content (AvgIpc) is 3.14. The number of hydrogen-bond donors (Lipinski definition) is 2. The third-order valence-corrected chi connectivity index (χ3v) is 6.72. The molecule has 0 saturated carbocycles. The number of primary amides is 1. The minimum atomic E-state index is -3.55. The molecule has 1 amide bonds. The van der Waals surface area contributed by atoms with Gasteiger partial charge in [-0.05, 0) is 56.5 Å². The highest BCUT2D eigenvalue weighted by molar-refractivity contribution is 7.89. The topological polar surface area (TPSA) is 118 Å². The lowest BCUT2D eigenvalue weighted by Gasteiger charge is -2.30. The first-order valence-corrected chi connectivity index (χ1v) is 10.4. The second-order valence-electron chi connectivity index (χ2n) is 6.61. The largest absolute Gasteiger partial charge is 0.494 e. The lowest BCUT2D eigenvalue weighted by molar-refractivity contribution is 0.0995. The predicted molar refractivity (Wildman–Crippen MR) is 100 cm³/mol. The van der Waals surface area contributed by atoms with Gasteiger partial charge in [0.1, 0.15) is 11.4 Å². The van der Waals surface area contributed by atoms with Crippen LogP contribution in [0.25, 0.3) is 0 Å². The Labute approximate surface area is 158 Å². The number of benzene rings is 1. The minimum absolute atomic E-state index is 0.124. The summed E-state index contributed by atoms with van der Waals surface area (Å²) in [6.07, 6.45) is 1.30. The molecule has 1 saturated heterocycles. The Hall–Kier alpha value is -2.39. The smallest absolute Gasteiger partial charge is 0.269 e. The number of piperidine rings is 1. The molecule has 2 heterocycles. The predicted octanol–water partition coefficient (Wildman–Crippen LogP) is 1.78.